The summed E-state index contributed by atoms with van der Waals surface area (Å²) < 4.78 is 0. The molecule has 2 saturated carbocycles. The van der Waals surface area contributed by atoms with Gasteiger partial charge in [0.05, 0.1) is 0 Å². The Labute approximate surface area is 206 Å². The summed E-state index contributed by atoms with van der Waals surface area (Å²) in [6.45, 7) is 18.8. The minimum absolute atomic E-state index is 0.200. The average molecular weight is 458 g/mol. The van der Waals surface area contributed by atoms with Crippen LogP contribution in [-0.2, 0) is 4.79 Å². The topological polar surface area (TPSA) is 29.1 Å². The molecule has 33 heavy (non-hydrogen) atoms. The molecule has 0 spiro atoms. The normalized spacial score (nSPS) is 40.6. The third-order valence-corrected chi connectivity index (χ3v) is 10.6. The summed E-state index contributed by atoms with van der Waals surface area (Å²) in [5.74, 6) is 6.00. The SMILES string of the molecule is CC.CCCC1C=C2NC(=O)CCC2(C)C2CC[C@]3(C)C(C(C)CCCC(C)C)CCC3C12. The molecule has 190 valence electrons. The second-order valence-corrected chi connectivity index (χ2v) is 12.8. The van der Waals surface area contributed by atoms with Crippen LogP contribution in [0.1, 0.15) is 126 Å². The summed E-state index contributed by atoms with van der Waals surface area (Å²) in [6.07, 6.45) is 16.8. The van der Waals surface area contributed by atoms with Crippen molar-refractivity contribution in [1.29, 1.82) is 0 Å². The van der Waals surface area contributed by atoms with E-state index in [0.717, 1.165) is 41.9 Å². The summed E-state index contributed by atoms with van der Waals surface area (Å²) in [4.78, 5) is 12.2. The van der Waals surface area contributed by atoms with Gasteiger partial charge in [0, 0.05) is 17.5 Å². The summed E-state index contributed by atoms with van der Waals surface area (Å²) in [7, 11) is 0. The maximum Gasteiger partial charge on any atom is 0.224 e. The van der Waals surface area contributed by atoms with Gasteiger partial charge in [0.15, 0.2) is 0 Å². The molecule has 4 aliphatic rings. The molecule has 3 fully saturated rings. The Kier molecular flexibility index (Phi) is 8.82. The summed E-state index contributed by atoms with van der Waals surface area (Å²) in [6, 6.07) is 0. The van der Waals surface area contributed by atoms with E-state index in [9.17, 15) is 4.79 Å². The van der Waals surface area contributed by atoms with Crippen molar-refractivity contribution in [2.45, 2.75) is 126 Å². The predicted molar refractivity (Wildman–Crippen MR) is 142 cm³/mol. The van der Waals surface area contributed by atoms with E-state index >= 15 is 0 Å². The number of nitrogens with one attached hydrogen (secondary N) is 1. The second-order valence-electron chi connectivity index (χ2n) is 12.8. The molecule has 4 rings (SSSR count). The molecule has 0 bridgehead atoms. The number of rotatable bonds is 7. The van der Waals surface area contributed by atoms with Crippen molar-refractivity contribution in [3.05, 3.63) is 11.8 Å². The highest BCUT2D eigenvalue weighted by atomic mass is 16.1. The van der Waals surface area contributed by atoms with Gasteiger partial charge < -0.3 is 5.32 Å². The summed E-state index contributed by atoms with van der Waals surface area (Å²) in [5, 5.41) is 3.33. The number of carbonyl (C=O) groups is 1. The molecule has 0 aromatic heterocycles. The van der Waals surface area contributed by atoms with Crippen molar-refractivity contribution < 1.29 is 4.79 Å². The van der Waals surface area contributed by atoms with E-state index in [4.69, 9.17) is 0 Å². The van der Waals surface area contributed by atoms with Crippen molar-refractivity contribution in [1.82, 2.24) is 5.32 Å². The third kappa shape index (κ3) is 4.97. The fourth-order valence-corrected chi connectivity index (χ4v) is 8.97. The zero-order valence-electron chi connectivity index (χ0n) is 23.3. The van der Waals surface area contributed by atoms with Gasteiger partial charge in [-0.05, 0) is 85.4 Å². The number of carbonyl (C=O) groups excluding carboxylic acids is 1. The molecule has 2 nitrogen and oxygen atoms in total. The van der Waals surface area contributed by atoms with Crippen LogP contribution in [-0.4, -0.2) is 5.91 Å². The quantitative estimate of drug-likeness (QED) is 0.406. The summed E-state index contributed by atoms with van der Waals surface area (Å²) >= 11 is 0. The molecule has 7 unspecified atom stereocenters. The minimum Gasteiger partial charge on any atom is -0.330 e. The highest BCUT2D eigenvalue weighted by Gasteiger charge is 2.61. The molecule has 1 heterocycles. The molecular formula is C31H55NO. The summed E-state index contributed by atoms with van der Waals surface area (Å²) in [5.41, 5.74) is 2.03. The fourth-order valence-electron chi connectivity index (χ4n) is 8.97. The maximum absolute atomic E-state index is 12.2. The smallest absolute Gasteiger partial charge is 0.224 e. The molecule has 1 amide bonds. The van der Waals surface area contributed by atoms with Crippen LogP contribution in [0.15, 0.2) is 11.8 Å². The lowest BCUT2D eigenvalue weighted by atomic mass is 9.46. The van der Waals surface area contributed by atoms with Crippen LogP contribution >= 0.6 is 0 Å². The van der Waals surface area contributed by atoms with Gasteiger partial charge in [0.25, 0.3) is 0 Å². The van der Waals surface area contributed by atoms with E-state index in [1.165, 1.54) is 63.5 Å². The molecule has 8 atom stereocenters. The maximum atomic E-state index is 12.2. The highest BCUT2D eigenvalue weighted by molar-refractivity contribution is 5.79. The average Bonchev–Trinajstić information content (AvgIpc) is 3.13. The monoisotopic (exact) mass is 457 g/mol. The lowest BCUT2D eigenvalue weighted by Gasteiger charge is -2.60. The van der Waals surface area contributed by atoms with E-state index in [-0.39, 0.29) is 11.3 Å². The van der Waals surface area contributed by atoms with Gasteiger partial charge in [0.1, 0.15) is 0 Å². The van der Waals surface area contributed by atoms with Crippen molar-refractivity contribution in [2.24, 2.45) is 52.3 Å². The van der Waals surface area contributed by atoms with Crippen LogP contribution in [0.5, 0.6) is 0 Å². The Balaban J connectivity index is 0.00000149. The first-order chi connectivity index (χ1) is 15.7. The van der Waals surface area contributed by atoms with E-state index in [1.807, 2.05) is 13.8 Å². The van der Waals surface area contributed by atoms with Crippen LogP contribution in [0.4, 0.5) is 0 Å². The molecule has 1 saturated heterocycles. The molecule has 0 aromatic rings. The molecule has 3 aliphatic carbocycles. The van der Waals surface area contributed by atoms with Crippen LogP contribution < -0.4 is 5.32 Å². The Morgan fingerprint density at radius 3 is 2.42 bits per heavy atom. The zero-order chi connectivity index (χ0) is 24.4. The van der Waals surface area contributed by atoms with E-state index in [2.05, 4.69) is 52.9 Å². The number of piperidine rings is 1. The minimum atomic E-state index is 0.200. The Morgan fingerprint density at radius 2 is 1.76 bits per heavy atom. The number of fused-ring (bicyclic) bond motifs is 5. The van der Waals surface area contributed by atoms with Crippen molar-refractivity contribution in [3.8, 4) is 0 Å². The lowest BCUT2D eigenvalue weighted by molar-refractivity contribution is -0.126. The van der Waals surface area contributed by atoms with E-state index in [0.29, 0.717) is 17.8 Å². The molecule has 2 heteroatoms. The molecule has 0 radical (unpaired) electrons. The first kappa shape index (κ1) is 26.8. The largest absolute Gasteiger partial charge is 0.330 e. The van der Waals surface area contributed by atoms with Gasteiger partial charge in [-0.1, -0.05) is 87.1 Å². The third-order valence-electron chi connectivity index (χ3n) is 10.6. The Bertz CT molecular complexity index is 695. The number of amides is 1. The van der Waals surface area contributed by atoms with Gasteiger partial charge in [-0.25, -0.2) is 0 Å². The van der Waals surface area contributed by atoms with Crippen molar-refractivity contribution >= 4 is 5.91 Å². The van der Waals surface area contributed by atoms with Gasteiger partial charge in [-0.15, -0.1) is 0 Å². The zero-order valence-corrected chi connectivity index (χ0v) is 23.3. The van der Waals surface area contributed by atoms with Crippen molar-refractivity contribution in [3.63, 3.8) is 0 Å². The van der Waals surface area contributed by atoms with Crippen LogP contribution in [0.25, 0.3) is 0 Å². The highest BCUT2D eigenvalue weighted by Crippen LogP contribution is 2.67. The molecular weight excluding hydrogens is 402 g/mol. The molecule has 0 aromatic carbocycles. The Morgan fingerprint density at radius 1 is 1.03 bits per heavy atom. The fraction of sp³-hybridized carbons (Fsp3) is 0.903. The number of hydrogen-bond acceptors (Lipinski definition) is 1. The lowest BCUT2D eigenvalue weighted by Crippen LogP contribution is -2.55. The van der Waals surface area contributed by atoms with Crippen LogP contribution in [0.2, 0.25) is 0 Å². The number of hydrogen-bond donors (Lipinski definition) is 1. The first-order valence-electron chi connectivity index (χ1n) is 14.7. The second kappa shape index (κ2) is 10.9. The Hall–Kier alpha value is -0.790. The van der Waals surface area contributed by atoms with Gasteiger partial charge >= 0.3 is 0 Å². The van der Waals surface area contributed by atoms with Gasteiger partial charge in [0.2, 0.25) is 5.91 Å². The van der Waals surface area contributed by atoms with Gasteiger partial charge in [-0.2, -0.15) is 0 Å². The van der Waals surface area contributed by atoms with Gasteiger partial charge in [-0.3, -0.25) is 4.79 Å². The predicted octanol–water partition coefficient (Wildman–Crippen LogP) is 8.76. The van der Waals surface area contributed by atoms with Crippen molar-refractivity contribution in [2.75, 3.05) is 0 Å². The van der Waals surface area contributed by atoms with E-state index < -0.39 is 0 Å². The number of allylic oxidation sites excluding steroid dienone is 2. The molecule has 1 N–H and O–H groups in total. The molecule has 1 aliphatic heterocycles. The first-order valence-corrected chi connectivity index (χ1v) is 14.7. The standard InChI is InChI=1S/C29H49NO.C2H6/c1-7-9-21-18-25-29(6,17-15-26(31)30-25)24-14-16-28(5)22(12-13-23(28)27(21)24)20(4)11-8-10-19(2)3;1-2/h18-24,27H,7-17H2,1-6H3,(H,30,31);1-2H3/t20?,21?,22?,23?,24?,27?,28-,29?;/m1./s1. The van der Waals surface area contributed by atoms with Crippen LogP contribution in [0, 0.1) is 52.3 Å². The van der Waals surface area contributed by atoms with Crippen LogP contribution in [0.3, 0.4) is 0 Å². The van der Waals surface area contributed by atoms with E-state index in [1.54, 1.807) is 0 Å².